The van der Waals surface area contributed by atoms with Gasteiger partial charge in [0.25, 0.3) is 20.0 Å². The molecule has 0 unspecified atom stereocenters. The quantitative estimate of drug-likeness (QED) is 0.211. The molecule has 214 valence electrons. The number of halogens is 1. The molecule has 10 nitrogen and oxygen atoms in total. The number of sulfonamides is 2. The molecule has 2 N–H and O–H groups in total. The number of nitrogens with one attached hydrogen (secondary N) is 2. The van der Waals surface area contributed by atoms with E-state index in [1.54, 1.807) is 54.6 Å². The van der Waals surface area contributed by atoms with E-state index in [2.05, 4.69) is 32.6 Å². The highest BCUT2D eigenvalue weighted by Crippen LogP contribution is 2.31. The molecule has 0 spiro atoms. The molecule has 4 aromatic carbocycles. The maximum absolute atomic E-state index is 13.5. The Kier molecular flexibility index (Phi) is 9.40. The minimum atomic E-state index is -4.06. The summed E-state index contributed by atoms with van der Waals surface area (Å²) in [6, 6.07) is 24.7. The predicted octanol–water partition coefficient (Wildman–Crippen LogP) is 4.94. The molecule has 0 heterocycles. The Morgan fingerprint density at radius 1 is 0.805 bits per heavy atom. The minimum absolute atomic E-state index is 0.0427. The molecule has 0 aliphatic carbocycles. The fraction of sp³-hybridized carbons (Fsp3) is 0.107. The van der Waals surface area contributed by atoms with Crippen molar-refractivity contribution in [3.63, 3.8) is 0 Å². The van der Waals surface area contributed by atoms with Crippen LogP contribution in [0.25, 0.3) is 0 Å². The summed E-state index contributed by atoms with van der Waals surface area (Å²) in [6.07, 6.45) is 0. The molecule has 13 heteroatoms. The molecule has 0 bridgehead atoms. The number of amides is 1. The Bertz CT molecular complexity index is 1730. The van der Waals surface area contributed by atoms with Crippen LogP contribution in [0, 0.1) is 3.57 Å². The van der Waals surface area contributed by atoms with Crippen molar-refractivity contribution < 1.29 is 31.1 Å². The fourth-order valence-corrected chi connectivity index (χ4v) is 6.65. The summed E-state index contributed by atoms with van der Waals surface area (Å²) in [6.45, 7) is -0.505. The van der Waals surface area contributed by atoms with Gasteiger partial charge in [0.1, 0.15) is 18.0 Å². The monoisotopic (exact) mass is 707 g/mol. The Balaban J connectivity index is 1.52. The van der Waals surface area contributed by atoms with Gasteiger partial charge in [0.2, 0.25) is 5.91 Å². The number of carbonyl (C=O) groups excluding carboxylic acids is 1. The molecule has 0 aliphatic heterocycles. The lowest BCUT2D eigenvalue weighted by molar-refractivity contribution is -0.114. The van der Waals surface area contributed by atoms with Gasteiger partial charge < -0.3 is 14.8 Å². The van der Waals surface area contributed by atoms with Crippen LogP contribution in [0.4, 0.5) is 17.1 Å². The average molecular weight is 708 g/mol. The SMILES string of the molecule is COc1ccc(OC)c(NS(=O)(=O)c2ccc(NC(=O)CN(c3ccc(I)cc3)S(=O)(=O)c3ccccc3)cc2)c1. The van der Waals surface area contributed by atoms with E-state index in [1.165, 1.54) is 56.7 Å². The van der Waals surface area contributed by atoms with Gasteiger partial charge in [0, 0.05) is 15.3 Å². The highest BCUT2D eigenvalue weighted by molar-refractivity contribution is 14.1. The maximum atomic E-state index is 13.5. The number of carbonyl (C=O) groups is 1. The van der Waals surface area contributed by atoms with Crippen LogP contribution in [0.2, 0.25) is 0 Å². The van der Waals surface area contributed by atoms with Crippen LogP contribution < -0.4 is 23.8 Å². The van der Waals surface area contributed by atoms with Crippen LogP contribution in [-0.2, 0) is 24.8 Å². The molecule has 0 saturated heterocycles. The molecule has 0 aromatic heterocycles. The van der Waals surface area contributed by atoms with Gasteiger partial charge in [0.15, 0.2) is 0 Å². The zero-order valence-electron chi connectivity index (χ0n) is 21.9. The third-order valence-corrected chi connectivity index (χ3v) is 9.72. The first kappa shape index (κ1) is 30.1. The maximum Gasteiger partial charge on any atom is 0.264 e. The van der Waals surface area contributed by atoms with Gasteiger partial charge in [-0.1, -0.05) is 18.2 Å². The Morgan fingerprint density at radius 2 is 1.46 bits per heavy atom. The summed E-state index contributed by atoms with van der Waals surface area (Å²) in [4.78, 5) is 13.0. The van der Waals surface area contributed by atoms with Crippen molar-refractivity contribution in [2.45, 2.75) is 9.79 Å². The number of anilines is 3. The van der Waals surface area contributed by atoms with Crippen LogP contribution in [0.1, 0.15) is 0 Å². The molecule has 0 fully saturated rings. The van der Waals surface area contributed by atoms with Gasteiger partial charge in [-0.05, 0) is 95.4 Å². The number of hydrogen-bond acceptors (Lipinski definition) is 7. The highest BCUT2D eigenvalue weighted by Gasteiger charge is 2.27. The van der Waals surface area contributed by atoms with Crippen molar-refractivity contribution >= 4 is 65.6 Å². The molecule has 0 aliphatic rings. The van der Waals surface area contributed by atoms with E-state index in [-0.39, 0.29) is 21.2 Å². The minimum Gasteiger partial charge on any atom is -0.497 e. The number of ether oxygens (including phenoxy) is 2. The van der Waals surface area contributed by atoms with Crippen molar-refractivity contribution in [1.82, 2.24) is 0 Å². The second-order valence-corrected chi connectivity index (χ2v) is 13.3. The number of rotatable bonds is 11. The fourth-order valence-electron chi connectivity index (χ4n) is 3.79. The van der Waals surface area contributed by atoms with Crippen LogP contribution in [0.5, 0.6) is 11.5 Å². The molecule has 4 aromatic rings. The molecule has 1 amide bonds. The number of nitrogens with zero attached hydrogens (tertiary/aromatic N) is 1. The van der Waals surface area contributed by atoms with Crippen LogP contribution in [0.15, 0.2) is 107 Å². The van der Waals surface area contributed by atoms with Crippen molar-refractivity contribution in [3.05, 3.63) is 101 Å². The van der Waals surface area contributed by atoms with E-state index in [1.807, 2.05) is 0 Å². The summed E-state index contributed by atoms with van der Waals surface area (Å²) >= 11 is 2.11. The molecule has 41 heavy (non-hydrogen) atoms. The zero-order valence-corrected chi connectivity index (χ0v) is 25.7. The summed E-state index contributed by atoms with van der Waals surface area (Å²) < 4.78 is 67.7. The topological polar surface area (TPSA) is 131 Å². The number of methoxy groups -OCH3 is 2. The van der Waals surface area contributed by atoms with Gasteiger partial charge in [-0.25, -0.2) is 16.8 Å². The first-order valence-electron chi connectivity index (χ1n) is 12.0. The predicted molar refractivity (Wildman–Crippen MR) is 166 cm³/mol. The van der Waals surface area contributed by atoms with Crippen molar-refractivity contribution in [2.75, 3.05) is 35.1 Å². The number of benzene rings is 4. The standard InChI is InChI=1S/C28H26IN3O7S2/c1-38-23-14-17-27(39-2)26(18-23)31-40(34,35)24-15-10-21(11-16-24)30-28(33)19-32(22-12-8-20(29)9-13-22)41(36,37)25-6-4-3-5-7-25/h3-18,31H,19H2,1-2H3,(H,30,33). The Morgan fingerprint density at radius 3 is 2.07 bits per heavy atom. The van der Waals surface area contributed by atoms with E-state index in [0.717, 1.165) is 7.88 Å². The number of hydrogen-bond donors (Lipinski definition) is 2. The molecular formula is C28H26IN3O7S2. The zero-order chi connectivity index (χ0) is 29.6. The van der Waals surface area contributed by atoms with Gasteiger partial charge in [-0.2, -0.15) is 0 Å². The average Bonchev–Trinajstić information content (AvgIpc) is 2.97. The van der Waals surface area contributed by atoms with E-state index in [4.69, 9.17) is 9.47 Å². The van der Waals surface area contributed by atoms with E-state index >= 15 is 0 Å². The molecular weight excluding hydrogens is 681 g/mol. The summed E-state index contributed by atoms with van der Waals surface area (Å²) in [5.74, 6) is 0.134. The normalized spacial score (nSPS) is 11.4. The summed E-state index contributed by atoms with van der Waals surface area (Å²) in [5, 5.41) is 2.64. The van der Waals surface area contributed by atoms with Gasteiger partial charge in [-0.15, -0.1) is 0 Å². The Hall–Kier alpha value is -3.82. The molecule has 4 rings (SSSR count). The third kappa shape index (κ3) is 7.28. The second kappa shape index (κ2) is 12.8. The first-order chi connectivity index (χ1) is 19.5. The highest BCUT2D eigenvalue weighted by atomic mass is 127. The van der Waals surface area contributed by atoms with Gasteiger partial charge in [0.05, 0.1) is 35.4 Å². The van der Waals surface area contributed by atoms with Crippen LogP contribution >= 0.6 is 22.6 Å². The van der Waals surface area contributed by atoms with E-state index < -0.39 is 32.5 Å². The lowest BCUT2D eigenvalue weighted by Crippen LogP contribution is -2.38. The van der Waals surface area contributed by atoms with E-state index in [0.29, 0.717) is 17.2 Å². The van der Waals surface area contributed by atoms with Crippen LogP contribution in [-0.4, -0.2) is 43.5 Å². The largest absolute Gasteiger partial charge is 0.497 e. The Labute approximate surface area is 252 Å². The van der Waals surface area contributed by atoms with Crippen LogP contribution in [0.3, 0.4) is 0 Å². The first-order valence-corrected chi connectivity index (χ1v) is 16.0. The van der Waals surface area contributed by atoms with Crippen molar-refractivity contribution in [2.24, 2.45) is 0 Å². The lowest BCUT2D eigenvalue weighted by Gasteiger charge is -2.24. The second-order valence-electron chi connectivity index (χ2n) is 8.55. The van der Waals surface area contributed by atoms with Gasteiger partial charge in [-0.3, -0.25) is 13.8 Å². The molecule has 0 radical (unpaired) electrons. The van der Waals surface area contributed by atoms with Crippen molar-refractivity contribution in [1.29, 1.82) is 0 Å². The molecule has 0 atom stereocenters. The van der Waals surface area contributed by atoms with E-state index in [9.17, 15) is 21.6 Å². The summed E-state index contributed by atoms with van der Waals surface area (Å²) in [5.41, 5.74) is 0.803. The third-order valence-electron chi connectivity index (χ3n) is 5.83. The smallest absolute Gasteiger partial charge is 0.264 e. The van der Waals surface area contributed by atoms with Gasteiger partial charge >= 0.3 is 0 Å². The lowest BCUT2D eigenvalue weighted by atomic mass is 10.3. The molecule has 0 saturated carbocycles. The van der Waals surface area contributed by atoms with Crippen molar-refractivity contribution in [3.8, 4) is 11.5 Å². The summed E-state index contributed by atoms with van der Waals surface area (Å²) in [7, 11) is -5.19.